The number of aromatic nitrogens is 1. The molecule has 5 nitrogen and oxygen atoms in total. The summed E-state index contributed by atoms with van der Waals surface area (Å²) >= 11 is 1.98. The lowest BCUT2D eigenvalue weighted by molar-refractivity contribution is -0.121. The molecular weight excluding hydrogens is 356 g/mol. The molecule has 0 saturated carbocycles. The molecule has 0 spiro atoms. The van der Waals surface area contributed by atoms with Gasteiger partial charge in [0.25, 0.3) is 0 Å². The van der Waals surface area contributed by atoms with Crippen LogP contribution in [-0.2, 0) is 17.8 Å². The second-order valence-corrected chi connectivity index (χ2v) is 8.23. The maximum atomic E-state index is 12.4. The van der Waals surface area contributed by atoms with E-state index in [1.807, 2.05) is 61.3 Å². The van der Waals surface area contributed by atoms with E-state index in [0.29, 0.717) is 12.6 Å². The molecular formula is C21H24N4OS. The summed E-state index contributed by atoms with van der Waals surface area (Å²) in [5.74, 6) is 3.29. The number of aliphatic imine (C=N–C) groups is 1. The molecule has 2 aromatic rings. The van der Waals surface area contributed by atoms with Crippen molar-refractivity contribution in [2.75, 3.05) is 11.5 Å². The van der Waals surface area contributed by atoms with Gasteiger partial charge in [-0.05, 0) is 36.3 Å². The Kier molecular flexibility index (Phi) is 5.43. The standard InChI is InChI=1S/C21H24N4OS/c1-14(15-5-3-2-4-6-15)24-20(26)10-18-9-16-11-23-21(19(16)12-22-18)25-17-7-8-27-13-17/h2-6,9,12,14,17H,7-8,10-11,13H2,1H3,(H,23,25)(H,24,26)/t14-,17?/m1/s1. The molecule has 1 aromatic heterocycles. The molecule has 2 atom stereocenters. The van der Waals surface area contributed by atoms with Crippen LogP contribution >= 0.6 is 11.8 Å². The van der Waals surface area contributed by atoms with E-state index in [-0.39, 0.29) is 18.4 Å². The van der Waals surface area contributed by atoms with Gasteiger partial charge in [-0.3, -0.25) is 14.8 Å². The number of hydrogen-bond donors (Lipinski definition) is 2. The second-order valence-electron chi connectivity index (χ2n) is 7.08. The number of hydrogen-bond acceptors (Lipinski definition) is 5. The Bertz CT molecular complexity index is 847. The van der Waals surface area contributed by atoms with E-state index in [1.165, 1.54) is 12.2 Å². The molecule has 140 valence electrons. The van der Waals surface area contributed by atoms with Gasteiger partial charge in [0.05, 0.1) is 24.7 Å². The van der Waals surface area contributed by atoms with Crippen LogP contribution in [0, 0.1) is 0 Å². The minimum absolute atomic E-state index is 0.0148. The Labute approximate surface area is 164 Å². The Morgan fingerprint density at radius 1 is 1.33 bits per heavy atom. The van der Waals surface area contributed by atoms with Gasteiger partial charge >= 0.3 is 0 Å². The first kappa shape index (κ1) is 18.0. The van der Waals surface area contributed by atoms with Crippen molar-refractivity contribution in [3.63, 3.8) is 0 Å². The smallest absolute Gasteiger partial charge is 0.226 e. The average Bonchev–Trinajstić information content (AvgIpc) is 3.33. The van der Waals surface area contributed by atoms with Gasteiger partial charge in [-0.1, -0.05) is 30.3 Å². The fourth-order valence-electron chi connectivity index (χ4n) is 3.48. The molecule has 1 amide bonds. The van der Waals surface area contributed by atoms with E-state index in [0.717, 1.165) is 34.0 Å². The Balaban J connectivity index is 1.36. The molecule has 0 aliphatic carbocycles. The van der Waals surface area contributed by atoms with E-state index in [1.54, 1.807) is 0 Å². The number of amides is 1. The molecule has 2 aliphatic rings. The lowest BCUT2D eigenvalue weighted by atomic mass is 10.1. The molecule has 0 bridgehead atoms. The van der Waals surface area contributed by atoms with Crippen molar-refractivity contribution in [2.45, 2.75) is 38.4 Å². The third kappa shape index (κ3) is 4.33. The molecule has 1 unspecified atom stereocenters. The van der Waals surface area contributed by atoms with E-state index in [2.05, 4.69) is 20.6 Å². The Morgan fingerprint density at radius 2 is 2.19 bits per heavy atom. The van der Waals surface area contributed by atoms with Crippen LogP contribution in [0.25, 0.3) is 0 Å². The van der Waals surface area contributed by atoms with Gasteiger partial charge in [-0.15, -0.1) is 0 Å². The van der Waals surface area contributed by atoms with E-state index >= 15 is 0 Å². The second kappa shape index (κ2) is 8.13. The van der Waals surface area contributed by atoms with Gasteiger partial charge in [0.1, 0.15) is 5.84 Å². The minimum Gasteiger partial charge on any atom is -0.366 e. The predicted octanol–water partition coefficient (Wildman–Crippen LogP) is 2.86. The van der Waals surface area contributed by atoms with Crippen LogP contribution in [0.2, 0.25) is 0 Å². The SMILES string of the molecule is C[C@@H](NC(=O)Cc1cc2c(cn1)C(NC1CCSC1)=NC2)c1ccccc1. The summed E-state index contributed by atoms with van der Waals surface area (Å²) in [6.07, 6.45) is 3.33. The van der Waals surface area contributed by atoms with Crippen LogP contribution < -0.4 is 10.6 Å². The van der Waals surface area contributed by atoms with Crippen LogP contribution in [0.5, 0.6) is 0 Å². The largest absolute Gasteiger partial charge is 0.366 e. The van der Waals surface area contributed by atoms with E-state index in [4.69, 9.17) is 0 Å². The average molecular weight is 381 g/mol. The number of pyridine rings is 1. The molecule has 0 radical (unpaired) electrons. The van der Waals surface area contributed by atoms with Gasteiger partial charge in [0.2, 0.25) is 5.91 Å². The molecule has 6 heteroatoms. The number of nitrogens with one attached hydrogen (secondary N) is 2. The highest BCUT2D eigenvalue weighted by Crippen LogP contribution is 2.22. The molecule has 27 heavy (non-hydrogen) atoms. The zero-order chi connectivity index (χ0) is 18.6. The maximum absolute atomic E-state index is 12.4. The van der Waals surface area contributed by atoms with E-state index < -0.39 is 0 Å². The third-order valence-electron chi connectivity index (χ3n) is 5.00. The quantitative estimate of drug-likeness (QED) is 0.837. The number of benzene rings is 1. The molecule has 2 N–H and O–H groups in total. The summed E-state index contributed by atoms with van der Waals surface area (Å²) in [5, 5.41) is 6.60. The lowest BCUT2D eigenvalue weighted by Crippen LogP contribution is -2.34. The highest BCUT2D eigenvalue weighted by molar-refractivity contribution is 7.99. The van der Waals surface area contributed by atoms with Crippen LogP contribution in [-0.4, -0.2) is 34.3 Å². The molecule has 3 heterocycles. The fourth-order valence-corrected chi connectivity index (χ4v) is 4.64. The zero-order valence-electron chi connectivity index (χ0n) is 15.4. The summed E-state index contributed by atoms with van der Waals surface area (Å²) in [7, 11) is 0. The first-order chi connectivity index (χ1) is 13.2. The van der Waals surface area contributed by atoms with Crippen LogP contribution in [0.4, 0.5) is 0 Å². The molecule has 1 saturated heterocycles. The van der Waals surface area contributed by atoms with Crippen molar-refractivity contribution in [1.82, 2.24) is 15.6 Å². The van der Waals surface area contributed by atoms with Gasteiger partial charge in [-0.25, -0.2) is 0 Å². The van der Waals surface area contributed by atoms with Crippen molar-refractivity contribution in [3.05, 3.63) is 65.0 Å². The normalized spacial score (nSPS) is 19.3. The summed E-state index contributed by atoms with van der Waals surface area (Å²) < 4.78 is 0. The molecule has 1 aromatic carbocycles. The number of carbonyl (C=O) groups excluding carboxylic acids is 1. The number of nitrogens with zero attached hydrogens (tertiary/aromatic N) is 2. The van der Waals surface area contributed by atoms with Crippen molar-refractivity contribution in [3.8, 4) is 0 Å². The monoisotopic (exact) mass is 380 g/mol. The molecule has 1 fully saturated rings. The van der Waals surface area contributed by atoms with Gasteiger partial charge in [0, 0.05) is 23.6 Å². The number of rotatable bonds is 5. The van der Waals surface area contributed by atoms with Crippen LogP contribution in [0.3, 0.4) is 0 Å². The van der Waals surface area contributed by atoms with Gasteiger partial charge < -0.3 is 10.6 Å². The number of thioether (sulfide) groups is 1. The van der Waals surface area contributed by atoms with E-state index in [9.17, 15) is 4.79 Å². The van der Waals surface area contributed by atoms with Crippen LogP contribution in [0.15, 0.2) is 47.6 Å². The molecule has 4 rings (SSSR count). The number of amidine groups is 1. The highest BCUT2D eigenvalue weighted by Gasteiger charge is 2.22. The maximum Gasteiger partial charge on any atom is 0.226 e. The lowest BCUT2D eigenvalue weighted by Gasteiger charge is -2.15. The van der Waals surface area contributed by atoms with Crippen molar-refractivity contribution in [2.24, 2.45) is 4.99 Å². The number of carbonyl (C=O) groups is 1. The summed E-state index contributed by atoms with van der Waals surface area (Å²) in [5.41, 5.74) is 4.12. The molecule has 2 aliphatic heterocycles. The summed E-state index contributed by atoms with van der Waals surface area (Å²) in [6, 6.07) is 12.5. The summed E-state index contributed by atoms with van der Waals surface area (Å²) in [4.78, 5) is 21.5. The topological polar surface area (TPSA) is 66.4 Å². The third-order valence-corrected chi connectivity index (χ3v) is 6.16. The van der Waals surface area contributed by atoms with Crippen molar-refractivity contribution >= 4 is 23.5 Å². The van der Waals surface area contributed by atoms with Gasteiger partial charge in [-0.2, -0.15) is 11.8 Å². The fraction of sp³-hybridized carbons (Fsp3) is 0.381. The minimum atomic E-state index is -0.0171. The first-order valence-corrected chi connectivity index (χ1v) is 10.6. The summed E-state index contributed by atoms with van der Waals surface area (Å²) in [6.45, 7) is 2.66. The zero-order valence-corrected chi connectivity index (χ0v) is 16.3. The highest BCUT2D eigenvalue weighted by atomic mass is 32.2. The van der Waals surface area contributed by atoms with Crippen molar-refractivity contribution in [1.29, 1.82) is 0 Å². The van der Waals surface area contributed by atoms with Gasteiger partial charge in [0.15, 0.2) is 0 Å². The first-order valence-electron chi connectivity index (χ1n) is 9.40. The number of fused-ring (bicyclic) bond motifs is 1. The van der Waals surface area contributed by atoms with Crippen molar-refractivity contribution < 1.29 is 4.79 Å². The predicted molar refractivity (Wildman–Crippen MR) is 110 cm³/mol. The Morgan fingerprint density at radius 3 is 2.96 bits per heavy atom. The Hall–Kier alpha value is -2.34. The van der Waals surface area contributed by atoms with Crippen LogP contribution in [0.1, 0.15) is 41.8 Å².